The van der Waals surface area contributed by atoms with E-state index in [2.05, 4.69) is 21.2 Å². The van der Waals surface area contributed by atoms with Gasteiger partial charge in [-0.2, -0.15) is 0 Å². The molecule has 1 atom stereocenters. The van der Waals surface area contributed by atoms with E-state index in [9.17, 15) is 18.0 Å². The van der Waals surface area contributed by atoms with Gasteiger partial charge in [0.15, 0.2) is 0 Å². The van der Waals surface area contributed by atoms with E-state index in [0.717, 1.165) is 40.0 Å². The van der Waals surface area contributed by atoms with E-state index in [1.807, 2.05) is 24.3 Å². The Labute approximate surface area is 243 Å². The molecule has 3 aromatic carbocycles. The molecule has 1 saturated carbocycles. The predicted molar refractivity (Wildman–Crippen MR) is 157 cm³/mol. The van der Waals surface area contributed by atoms with Crippen molar-refractivity contribution >= 4 is 55.1 Å². The van der Waals surface area contributed by atoms with Crippen LogP contribution in [-0.4, -0.2) is 43.8 Å². The number of sulfonamides is 1. The molecule has 0 saturated heterocycles. The molecule has 0 unspecified atom stereocenters. The van der Waals surface area contributed by atoms with Crippen LogP contribution in [-0.2, 0) is 26.2 Å². The topological polar surface area (TPSA) is 86.8 Å². The molecule has 206 valence electrons. The molecule has 39 heavy (non-hydrogen) atoms. The van der Waals surface area contributed by atoms with Crippen LogP contribution in [0.1, 0.15) is 38.2 Å². The van der Waals surface area contributed by atoms with Crippen LogP contribution < -0.4 is 9.62 Å². The first-order valence-corrected chi connectivity index (χ1v) is 15.4. The van der Waals surface area contributed by atoms with Gasteiger partial charge in [-0.15, -0.1) is 0 Å². The number of hydrogen-bond acceptors (Lipinski definition) is 4. The number of carbonyl (C=O) groups excluding carboxylic acids is 2. The second-order valence-corrected chi connectivity index (χ2v) is 12.8. The summed E-state index contributed by atoms with van der Waals surface area (Å²) in [6.45, 7) is 1.33. The molecule has 0 bridgehead atoms. The number of halogens is 2. The van der Waals surface area contributed by atoms with Crippen LogP contribution in [0, 0.1) is 0 Å². The Morgan fingerprint density at radius 3 is 2.21 bits per heavy atom. The first kappa shape index (κ1) is 29.1. The normalized spacial score (nSPS) is 14.5. The molecule has 0 radical (unpaired) electrons. The van der Waals surface area contributed by atoms with E-state index in [-0.39, 0.29) is 23.4 Å². The largest absolute Gasteiger partial charge is 0.352 e. The van der Waals surface area contributed by atoms with Gasteiger partial charge in [0.05, 0.1) is 10.6 Å². The van der Waals surface area contributed by atoms with Gasteiger partial charge in [-0.25, -0.2) is 8.42 Å². The molecule has 1 aliphatic carbocycles. The van der Waals surface area contributed by atoms with Crippen LogP contribution in [0.15, 0.2) is 88.2 Å². The van der Waals surface area contributed by atoms with Crippen molar-refractivity contribution in [2.24, 2.45) is 0 Å². The van der Waals surface area contributed by atoms with Gasteiger partial charge in [-0.1, -0.05) is 70.7 Å². The van der Waals surface area contributed by atoms with Gasteiger partial charge in [0.25, 0.3) is 10.0 Å². The van der Waals surface area contributed by atoms with Crippen LogP contribution in [0.5, 0.6) is 0 Å². The van der Waals surface area contributed by atoms with Crippen LogP contribution in [0.4, 0.5) is 5.69 Å². The summed E-state index contributed by atoms with van der Waals surface area (Å²) in [6, 6.07) is 21.0. The Hall–Kier alpha value is -2.88. The fourth-order valence-corrected chi connectivity index (χ4v) is 6.44. The average molecular weight is 633 g/mol. The number of carbonyl (C=O) groups is 2. The Kier molecular flexibility index (Phi) is 9.69. The van der Waals surface area contributed by atoms with Gasteiger partial charge in [0.1, 0.15) is 12.6 Å². The minimum atomic E-state index is -4.10. The third kappa shape index (κ3) is 7.41. The minimum Gasteiger partial charge on any atom is -0.352 e. The highest BCUT2D eigenvalue weighted by Gasteiger charge is 2.33. The highest BCUT2D eigenvalue weighted by molar-refractivity contribution is 9.10. The van der Waals surface area contributed by atoms with E-state index >= 15 is 0 Å². The maximum Gasteiger partial charge on any atom is 0.264 e. The molecule has 0 heterocycles. The Bertz CT molecular complexity index is 1380. The SMILES string of the molecule is C[C@H](C(=O)NC1CCCC1)N(Cc1ccc(Br)cc1)C(=O)CN(c1ccc(Cl)cc1)S(=O)(=O)c1ccccc1. The van der Waals surface area contributed by atoms with Gasteiger partial charge in [-0.05, 0) is 73.9 Å². The molecule has 1 N–H and O–H groups in total. The molecule has 0 aromatic heterocycles. The molecule has 3 aromatic rings. The Morgan fingerprint density at radius 1 is 0.974 bits per heavy atom. The number of anilines is 1. The van der Waals surface area contributed by atoms with Crippen molar-refractivity contribution in [1.29, 1.82) is 0 Å². The van der Waals surface area contributed by atoms with Gasteiger partial charge in [0.2, 0.25) is 11.8 Å². The summed E-state index contributed by atoms with van der Waals surface area (Å²) in [6.07, 6.45) is 3.96. The first-order chi connectivity index (χ1) is 18.6. The lowest BCUT2D eigenvalue weighted by molar-refractivity contribution is -0.139. The van der Waals surface area contributed by atoms with Crippen LogP contribution in [0.2, 0.25) is 5.02 Å². The fraction of sp³-hybridized carbons (Fsp3) is 0.310. The van der Waals surface area contributed by atoms with Crippen molar-refractivity contribution in [1.82, 2.24) is 10.2 Å². The number of hydrogen-bond donors (Lipinski definition) is 1. The van der Waals surface area contributed by atoms with Gasteiger partial charge in [-0.3, -0.25) is 13.9 Å². The number of nitrogens with zero attached hydrogens (tertiary/aromatic N) is 2. The van der Waals surface area contributed by atoms with E-state index in [4.69, 9.17) is 11.6 Å². The molecule has 1 fully saturated rings. The van der Waals surface area contributed by atoms with Crippen molar-refractivity contribution in [2.75, 3.05) is 10.8 Å². The number of amides is 2. The monoisotopic (exact) mass is 631 g/mol. The summed E-state index contributed by atoms with van der Waals surface area (Å²) in [5.41, 5.74) is 1.11. The maximum absolute atomic E-state index is 13.9. The molecule has 10 heteroatoms. The Balaban J connectivity index is 1.66. The average Bonchev–Trinajstić information content (AvgIpc) is 3.45. The summed E-state index contributed by atoms with van der Waals surface area (Å²) in [5, 5.41) is 3.51. The van der Waals surface area contributed by atoms with Gasteiger partial charge < -0.3 is 10.2 Å². The number of rotatable bonds is 10. The van der Waals surface area contributed by atoms with E-state index in [1.165, 1.54) is 17.0 Å². The van der Waals surface area contributed by atoms with Crippen LogP contribution in [0.3, 0.4) is 0 Å². The predicted octanol–water partition coefficient (Wildman–Crippen LogP) is 5.77. The lowest BCUT2D eigenvalue weighted by Crippen LogP contribution is -2.52. The second-order valence-electron chi connectivity index (χ2n) is 9.62. The lowest BCUT2D eigenvalue weighted by atomic mass is 10.1. The quantitative estimate of drug-likeness (QED) is 0.307. The van der Waals surface area contributed by atoms with Crippen molar-refractivity contribution in [3.8, 4) is 0 Å². The third-order valence-electron chi connectivity index (χ3n) is 6.86. The molecule has 0 aliphatic heterocycles. The lowest BCUT2D eigenvalue weighted by Gasteiger charge is -2.32. The number of nitrogens with one attached hydrogen (secondary N) is 1. The summed E-state index contributed by atoms with van der Waals surface area (Å²) >= 11 is 9.48. The van der Waals surface area contributed by atoms with Gasteiger partial charge >= 0.3 is 0 Å². The van der Waals surface area contributed by atoms with Crippen molar-refractivity contribution in [3.63, 3.8) is 0 Å². The summed E-state index contributed by atoms with van der Waals surface area (Å²) < 4.78 is 29.4. The molecular formula is C29H31BrClN3O4S. The van der Waals surface area contributed by atoms with E-state index in [1.54, 1.807) is 49.4 Å². The molecular weight excluding hydrogens is 602 g/mol. The molecule has 2 amide bonds. The zero-order valence-corrected chi connectivity index (χ0v) is 24.8. The fourth-order valence-electron chi connectivity index (χ4n) is 4.62. The first-order valence-electron chi connectivity index (χ1n) is 12.8. The van der Waals surface area contributed by atoms with Crippen molar-refractivity contribution in [3.05, 3.63) is 93.9 Å². The highest BCUT2D eigenvalue weighted by atomic mass is 79.9. The van der Waals surface area contributed by atoms with Crippen LogP contribution >= 0.6 is 27.5 Å². The maximum atomic E-state index is 13.9. The van der Waals surface area contributed by atoms with Gasteiger partial charge in [0, 0.05) is 22.1 Å². The van der Waals surface area contributed by atoms with Crippen LogP contribution in [0.25, 0.3) is 0 Å². The zero-order valence-electron chi connectivity index (χ0n) is 21.6. The highest BCUT2D eigenvalue weighted by Crippen LogP contribution is 2.26. The summed E-state index contributed by atoms with van der Waals surface area (Å²) in [5.74, 6) is -0.752. The Morgan fingerprint density at radius 2 is 1.59 bits per heavy atom. The zero-order chi connectivity index (χ0) is 28.0. The molecule has 7 nitrogen and oxygen atoms in total. The summed E-state index contributed by atoms with van der Waals surface area (Å²) in [4.78, 5) is 28.7. The number of benzene rings is 3. The summed E-state index contributed by atoms with van der Waals surface area (Å²) in [7, 11) is -4.10. The van der Waals surface area contributed by atoms with E-state index < -0.39 is 28.5 Å². The molecule has 1 aliphatic rings. The third-order valence-corrected chi connectivity index (χ3v) is 9.43. The molecule has 4 rings (SSSR count). The van der Waals surface area contributed by atoms with Crippen molar-refractivity contribution < 1.29 is 18.0 Å². The standard InChI is InChI=1S/C29H31BrClN3O4S/c1-21(29(36)32-25-7-5-6-8-25)33(19-22-11-13-23(30)14-12-22)28(35)20-34(26-17-15-24(31)16-18-26)39(37,38)27-9-3-2-4-10-27/h2-4,9-18,21,25H,5-8,19-20H2,1H3,(H,32,36)/t21-/m1/s1. The second kappa shape index (κ2) is 13.0. The smallest absolute Gasteiger partial charge is 0.264 e. The minimum absolute atomic E-state index is 0.0548. The molecule has 0 spiro atoms. The van der Waals surface area contributed by atoms with Crippen molar-refractivity contribution in [2.45, 2.75) is 56.1 Å². The van der Waals surface area contributed by atoms with E-state index in [0.29, 0.717) is 10.7 Å².